The summed E-state index contributed by atoms with van der Waals surface area (Å²) in [7, 11) is 0. The Morgan fingerprint density at radius 1 is 1.19 bits per heavy atom. The molecule has 3 unspecified atom stereocenters. The molecule has 1 saturated heterocycles. The molecule has 1 amide bonds. The number of hydrogen-bond acceptors (Lipinski definition) is 5. The number of piperidine rings is 1. The van der Waals surface area contributed by atoms with Crippen molar-refractivity contribution in [1.29, 1.82) is 5.41 Å². The number of nitrogens with one attached hydrogen (secondary N) is 3. The number of aromatic nitrogens is 3. The van der Waals surface area contributed by atoms with E-state index in [1.165, 1.54) is 0 Å². The standard InChI is InChI=1S/C28H33FN6O/c1-16-9-24(29)23(25(30)10-16)15-35-13-17(2)8-21(14-35)32-28(36)20-4-5-26-22(12-20)27(34-33-26)19-6-7-31-18(3)11-19/h4-7,11-12,16-17,21,30H,8-10,13-15H2,1-3H3,(H,32,36)(H,33,34). The van der Waals surface area contributed by atoms with E-state index in [0.29, 0.717) is 48.7 Å². The number of rotatable bonds is 5. The van der Waals surface area contributed by atoms with Gasteiger partial charge in [0.1, 0.15) is 11.5 Å². The summed E-state index contributed by atoms with van der Waals surface area (Å²) in [5.74, 6) is 0.274. The van der Waals surface area contributed by atoms with Gasteiger partial charge in [0.15, 0.2) is 0 Å². The average Bonchev–Trinajstić information content (AvgIpc) is 3.24. The molecular weight excluding hydrogens is 455 g/mol. The molecule has 3 N–H and O–H groups in total. The molecule has 36 heavy (non-hydrogen) atoms. The van der Waals surface area contributed by atoms with E-state index < -0.39 is 0 Å². The van der Waals surface area contributed by atoms with Crippen LogP contribution < -0.4 is 5.32 Å². The van der Waals surface area contributed by atoms with E-state index in [9.17, 15) is 9.18 Å². The van der Waals surface area contributed by atoms with Gasteiger partial charge < -0.3 is 10.7 Å². The van der Waals surface area contributed by atoms with Crippen LogP contribution in [0.4, 0.5) is 4.39 Å². The van der Waals surface area contributed by atoms with Crippen LogP contribution in [0.15, 0.2) is 47.9 Å². The Hall–Kier alpha value is -3.39. The summed E-state index contributed by atoms with van der Waals surface area (Å²) < 4.78 is 14.6. The van der Waals surface area contributed by atoms with Crippen LogP contribution in [0.2, 0.25) is 0 Å². The van der Waals surface area contributed by atoms with Crippen molar-refractivity contribution in [3.05, 3.63) is 59.2 Å². The van der Waals surface area contributed by atoms with Gasteiger partial charge in [-0.2, -0.15) is 5.10 Å². The van der Waals surface area contributed by atoms with E-state index in [1.54, 1.807) is 6.20 Å². The van der Waals surface area contributed by atoms with Crippen molar-refractivity contribution in [3.8, 4) is 11.3 Å². The first-order chi connectivity index (χ1) is 17.3. The van der Waals surface area contributed by atoms with Crippen LogP contribution in [0, 0.1) is 24.2 Å². The van der Waals surface area contributed by atoms with E-state index in [0.717, 1.165) is 40.8 Å². The third-order valence-corrected chi connectivity index (χ3v) is 7.22. The zero-order valence-corrected chi connectivity index (χ0v) is 21.1. The second-order valence-corrected chi connectivity index (χ2v) is 10.6. The van der Waals surface area contributed by atoms with Crippen LogP contribution in [0.3, 0.4) is 0 Å². The van der Waals surface area contributed by atoms with Gasteiger partial charge in [-0.15, -0.1) is 0 Å². The van der Waals surface area contributed by atoms with E-state index in [1.807, 2.05) is 44.2 Å². The van der Waals surface area contributed by atoms with Gasteiger partial charge in [0.05, 0.1) is 5.52 Å². The lowest BCUT2D eigenvalue weighted by Gasteiger charge is -2.38. The summed E-state index contributed by atoms with van der Waals surface area (Å²) in [5, 5.41) is 19.9. The number of allylic oxidation sites excluding steroid dienone is 1. The maximum absolute atomic E-state index is 14.6. The molecule has 1 fully saturated rings. The van der Waals surface area contributed by atoms with Crippen LogP contribution in [0.1, 0.15) is 49.2 Å². The van der Waals surface area contributed by atoms with E-state index >= 15 is 0 Å². The van der Waals surface area contributed by atoms with Gasteiger partial charge >= 0.3 is 0 Å². The molecule has 0 spiro atoms. The maximum Gasteiger partial charge on any atom is 0.251 e. The molecule has 2 aliphatic rings. The molecule has 3 heterocycles. The van der Waals surface area contributed by atoms with Gasteiger partial charge in [0, 0.05) is 71.8 Å². The Morgan fingerprint density at radius 3 is 2.81 bits per heavy atom. The van der Waals surface area contributed by atoms with Gasteiger partial charge in [-0.05, 0) is 61.9 Å². The van der Waals surface area contributed by atoms with Crippen molar-refractivity contribution in [3.63, 3.8) is 0 Å². The smallest absolute Gasteiger partial charge is 0.251 e. The molecule has 8 heteroatoms. The lowest BCUT2D eigenvalue weighted by Crippen LogP contribution is -2.51. The molecule has 188 valence electrons. The number of pyridine rings is 1. The summed E-state index contributed by atoms with van der Waals surface area (Å²) in [5.41, 5.74) is 5.05. The quantitative estimate of drug-likeness (QED) is 0.468. The molecule has 3 atom stereocenters. The molecular formula is C28H33FN6O. The number of aryl methyl sites for hydroxylation is 1. The monoisotopic (exact) mass is 488 g/mol. The van der Waals surface area contributed by atoms with Crippen molar-refractivity contribution in [1.82, 2.24) is 25.4 Å². The second-order valence-electron chi connectivity index (χ2n) is 10.6. The fourth-order valence-corrected chi connectivity index (χ4v) is 5.57. The fourth-order valence-electron chi connectivity index (χ4n) is 5.57. The van der Waals surface area contributed by atoms with E-state index in [2.05, 4.69) is 32.3 Å². The summed E-state index contributed by atoms with van der Waals surface area (Å²) in [4.78, 5) is 19.7. The van der Waals surface area contributed by atoms with Crippen molar-refractivity contribution >= 4 is 22.5 Å². The van der Waals surface area contributed by atoms with Gasteiger partial charge in [-0.25, -0.2) is 4.39 Å². The fraction of sp³-hybridized carbons (Fsp3) is 0.429. The third-order valence-electron chi connectivity index (χ3n) is 7.22. The zero-order chi connectivity index (χ0) is 25.4. The van der Waals surface area contributed by atoms with Crippen molar-refractivity contribution < 1.29 is 9.18 Å². The number of aromatic amines is 1. The molecule has 0 radical (unpaired) electrons. The number of benzene rings is 1. The predicted molar refractivity (Wildman–Crippen MR) is 140 cm³/mol. The minimum Gasteiger partial charge on any atom is -0.348 e. The van der Waals surface area contributed by atoms with Gasteiger partial charge in [0.2, 0.25) is 0 Å². The number of hydrogen-bond donors (Lipinski definition) is 3. The molecule has 2 aromatic heterocycles. The number of H-pyrrole nitrogens is 1. The Balaban J connectivity index is 1.31. The summed E-state index contributed by atoms with van der Waals surface area (Å²) in [6.07, 6.45) is 3.67. The Kier molecular flexibility index (Phi) is 6.71. The summed E-state index contributed by atoms with van der Waals surface area (Å²) >= 11 is 0. The average molecular weight is 489 g/mol. The predicted octanol–water partition coefficient (Wildman–Crippen LogP) is 5.05. The second kappa shape index (κ2) is 9.93. The first-order valence-electron chi connectivity index (χ1n) is 12.7. The van der Waals surface area contributed by atoms with Crippen LogP contribution in [0.25, 0.3) is 22.2 Å². The minimum atomic E-state index is -0.147. The van der Waals surface area contributed by atoms with Crippen LogP contribution >= 0.6 is 0 Å². The topological polar surface area (TPSA) is 97.8 Å². The molecule has 3 aromatic rings. The SMILES string of the molecule is Cc1cc(-c2n[nH]c3ccc(C(=O)NC4CC(C)CN(CC5=C(F)CC(C)CC5=N)C4)cc23)ccn1. The van der Waals surface area contributed by atoms with Gasteiger partial charge in [-0.1, -0.05) is 13.8 Å². The minimum absolute atomic E-state index is 0.0380. The van der Waals surface area contributed by atoms with Crippen molar-refractivity contribution in [2.24, 2.45) is 11.8 Å². The number of fused-ring (bicyclic) bond motifs is 1. The molecule has 0 bridgehead atoms. The van der Waals surface area contributed by atoms with Crippen LogP contribution in [-0.4, -0.2) is 57.4 Å². The van der Waals surface area contributed by atoms with Crippen LogP contribution in [0.5, 0.6) is 0 Å². The normalized spacial score (nSPS) is 23.3. The zero-order valence-electron chi connectivity index (χ0n) is 21.1. The van der Waals surface area contributed by atoms with E-state index in [-0.39, 0.29) is 23.7 Å². The van der Waals surface area contributed by atoms with Crippen LogP contribution in [-0.2, 0) is 0 Å². The van der Waals surface area contributed by atoms with E-state index in [4.69, 9.17) is 5.41 Å². The molecule has 1 aromatic carbocycles. The third kappa shape index (κ3) is 5.09. The number of likely N-dealkylation sites (tertiary alicyclic amines) is 1. The van der Waals surface area contributed by atoms with Gasteiger partial charge in [0.25, 0.3) is 5.91 Å². The Labute approximate surface area is 210 Å². The molecule has 5 rings (SSSR count). The first-order valence-corrected chi connectivity index (χ1v) is 12.7. The molecule has 0 saturated carbocycles. The number of amides is 1. The summed E-state index contributed by atoms with van der Waals surface area (Å²) in [6, 6.07) is 9.43. The van der Waals surface area contributed by atoms with Crippen molar-refractivity contribution in [2.75, 3.05) is 19.6 Å². The highest BCUT2D eigenvalue weighted by molar-refractivity contribution is 6.01. The number of nitrogens with zero attached hydrogens (tertiary/aromatic N) is 3. The molecule has 1 aliphatic heterocycles. The lowest BCUT2D eigenvalue weighted by molar-refractivity contribution is 0.0884. The van der Waals surface area contributed by atoms with Gasteiger partial charge in [-0.3, -0.25) is 19.8 Å². The molecule has 7 nitrogen and oxygen atoms in total. The number of carbonyl (C=O) groups is 1. The maximum atomic E-state index is 14.6. The number of halogens is 1. The molecule has 1 aliphatic carbocycles. The lowest BCUT2D eigenvalue weighted by atomic mass is 9.87. The number of carbonyl (C=O) groups excluding carboxylic acids is 1. The highest BCUT2D eigenvalue weighted by Gasteiger charge is 2.30. The Bertz CT molecular complexity index is 1340. The highest BCUT2D eigenvalue weighted by Crippen LogP contribution is 2.30. The van der Waals surface area contributed by atoms with Crippen molar-refractivity contribution in [2.45, 2.75) is 46.1 Å². The largest absolute Gasteiger partial charge is 0.348 e. The Morgan fingerprint density at radius 2 is 2.03 bits per heavy atom. The summed E-state index contributed by atoms with van der Waals surface area (Å²) in [6.45, 7) is 8.00. The highest BCUT2D eigenvalue weighted by atomic mass is 19.1. The first kappa shape index (κ1) is 24.3.